The molecule has 0 aromatic carbocycles. The predicted octanol–water partition coefficient (Wildman–Crippen LogP) is 2.99. The van der Waals surface area contributed by atoms with Crippen molar-refractivity contribution in [3.8, 4) is 0 Å². The molecule has 0 aromatic rings. The molecule has 86 valence electrons. The van der Waals surface area contributed by atoms with Crippen LogP contribution in [0.25, 0.3) is 0 Å². The van der Waals surface area contributed by atoms with E-state index in [1.807, 2.05) is 20.8 Å². The lowest BCUT2D eigenvalue weighted by Gasteiger charge is -2.33. The van der Waals surface area contributed by atoms with Crippen molar-refractivity contribution in [2.45, 2.75) is 32.7 Å². The van der Waals surface area contributed by atoms with Gasteiger partial charge in [-0.1, -0.05) is 12.2 Å². The Morgan fingerprint density at radius 3 is 2.33 bits per heavy atom. The molecule has 1 amide bonds. The third-order valence-corrected chi connectivity index (χ3v) is 1.89. The molecule has 0 atom stereocenters. The van der Waals surface area contributed by atoms with E-state index in [0.29, 0.717) is 19.6 Å². The number of nitrogens with zero attached hydrogens (tertiary/aromatic N) is 1. The Hall–Kier alpha value is -1.25. The number of rotatable bonds is 5. The molecule has 0 N–H and O–H groups in total. The number of carbonyl (C=O) groups is 1. The van der Waals surface area contributed by atoms with E-state index in [2.05, 4.69) is 13.2 Å². The third kappa shape index (κ3) is 5.25. The van der Waals surface area contributed by atoms with Crippen molar-refractivity contribution in [1.82, 2.24) is 4.90 Å². The van der Waals surface area contributed by atoms with Crippen LogP contribution < -0.4 is 0 Å². The Morgan fingerprint density at radius 1 is 1.33 bits per heavy atom. The van der Waals surface area contributed by atoms with Gasteiger partial charge in [0.25, 0.3) is 0 Å². The summed E-state index contributed by atoms with van der Waals surface area (Å²) in [6.45, 7) is 14.0. The molecule has 0 aliphatic carbocycles. The second kappa shape index (κ2) is 6.27. The zero-order valence-electron chi connectivity index (χ0n) is 9.95. The number of amides is 1. The molecule has 3 nitrogen and oxygen atoms in total. The van der Waals surface area contributed by atoms with E-state index in [9.17, 15) is 4.79 Å². The lowest BCUT2D eigenvalue weighted by atomic mass is 10.1. The van der Waals surface area contributed by atoms with E-state index in [0.717, 1.165) is 0 Å². The number of carbonyl (C=O) groups excluding carboxylic acids is 1. The number of hydrogen-bond donors (Lipinski definition) is 0. The highest BCUT2D eigenvalue weighted by Crippen LogP contribution is 2.14. The lowest BCUT2D eigenvalue weighted by molar-refractivity contribution is 0.0751. The maximum absolute atomic E-state index is 11.7. The average molecular weight is 211 g/mol. The highest BCUT2D eigenvalue weighted by atomic mass is 16.6. The van der Waals surface area contributed by atoms with Crippen LogP contribution in [-0.2, 0) is 4.74 Å². The van der Waals surface area contributed by atoms with Gasteiger partial charge >= 0.3 is 6.09 Å². The molecule has 3 heteroatoms. The fraction of sp³-hybridized carbons (Fsp3) is 0.583. The van der Waals surface area contributed by atoms with Crippen LogP contribution in [0.5, 0.6) is 0 Å². The van der Waals surface area contributed by atoms with Crippen LogP contribution in [0.4, 0.5) is 4.79 Å². The Morgan fingerprint density at radius 2 is 1.93 bits per heavy atom. The van der Waals surface area contributed by atoms with Gasteiger partial charge in [0.2, 0.25) is 0 Å². The molecule has 0 unspecified atom stereocenters. The molecule has 0 heterocycles. The summed E-state index contributed by atoms with van der Waals surface area (Å²) in [5, 5.41) is 0. The molecule has 0 fully saturated rings. The third-order valence-electron chi connectivity index (χ3n) is 1.89. The summed E-state index contributed by atoms with van der Waals surface area (Å²) in [7, 11) is 0. The van der Waals surface area contributed by atoms with Gasteiger partial charge < -0.3 is 4.74 Å². The van der Waals surface area contributed by atoms with Crippen molar-refractivity contribution in [3.05, 3.63) is 25.3 Å². The van der Waals surface area contributed by atoms with Crippen molar-refractivity contribution >= 4 is 6.09 Å². The first-order chi connectivity index (χ1) is 6.93. The van der Waals surface area contributed by atoms with Gasteiger partial charge in [0.05, 0.1) is 6.61 Å². The Kier molecular flexibility index (Phi) is 5.75. The molecule has 0 rings (SSSR count). The van der Waals surface area contributed by atoms with Gasteiger partial charge in [-0.25, -0.2) is 4.79 Å². The highest BCUT2D eigenvalue weighted by molar-refractivity contribution is 5.68. The summed E-state index contributed by atoms with van der Waals surface area (Å²) in [5.74, 6) is 0. The quantitative estimate of drug-likeness (QED) is 0.517. The SMILES string of the molecule is C=CCCOC(=O)N(CC=C)C(C)(C)C. The minimum Gasteiger partial charge on any atom is -0.449 e. The first-order valence-electron chi connectivity index (χ1n) is 5.09. The summed E-state index contributed by atoms with van der Waals surface area (Å²) in [4.78, 5) is 13.3. The Labute approximate surface area is 92.4 Å². The van der Waals surface area contributed by atoms with Gasteiger partial charge in [-0.15, -0.1) is 13.2 Å². The van der Waals surface area contributed by atoms with Crippen LogP contribution in [0.2, 0.25) is 0 Å². The Balaban J connectivity index is 4.29. The zero-order valence-corrected chi connectivity index (χ0v) is 9.95. The predicted molar refractivity (Wildman–Crippen MR) is 62.8 cm³/mol. The second-order valence-corrected chi connectivity index (χ2v) is 4.26. The van der Waals surface area contributed by atoms with Crippen LogP contribution in [0.1, 0.15) is 27.2 Å². The summed E-state index contributed by atoms with van der Waals surface area (Å²) < 4.78 is 5.09. The van der Waals surface area contributed by atoms with Gasteiger partial charge in [-0.3, -0.25) is 4.90 Å². The minimum absolute atomic E-state index is 0.251. The molecule has 0 bridgehead atoms. The van der Waals surface area contributed by atoms with Crippen LogP contribution in [0.3, 0.4) is 0 Å². The lowest BCUT2D eigenvalue weighted by Crippen LogP contribution is -2.46. The van der Waals surface area contributed by atoms with Gasteiger partial charge in [-0.05, 0) is 27.2 Å². The first kappa shape index (κ1) is 13.8. The first-order valence-corrected chi connectivity index (χ1v) is 5.09. The van der Waals surface area contributed by atoms with E-state index in [1.54, 1.807) is 17.1 Å². The molecule has 0 aliphatic rings. The number of hydrogen-bond acceptors (Lipinski definition) is 2. The van der Waals surface area contributed by atoms with E-state index in [-0.39, 0.29) is 11.6 Å². The van der Waals surface area contributed by atoms with E-state index < -0.39 is 0 Å². The standard InChI is InChI=1S/C12H21NO2/c1-6-8-10-15-11(14)13(9-7-2)12(3,4)5/h6-7H,1-2,8-10H2,3-5H3. The maximum atomic E-state index is 11.7. The molecular weight excluding hydrogens is 190 g/mol. The van der Waals surface area contributed by atoms with Crippen molar-refractivity contribution in [2.75, 3.05) is 13.2 Å². The number of ether oxygens (including phenoxy) is 1. The molecule has 0 aromatic heterocycles. The van der Waals surface area contributed by atoms with Crippen molar-refractivity contribution in [1.29, 1.82) is 0 Å². The van der Waals surface area contributed by atoms with Crippen molar-refractivity contribution in [3.63, 3.8) is 0 Å². The zero-order chi connectivity index (χ0) is 11.9. The summed E-state index contributed by atoms with van der Waals surface area (Å²) in [6.07, 6.45) is 3.80. The van der Waals surface area contributed by atoms with Gasteiger partial charge in [-0.2, -0.15) is 0 Å². The topological polar surface area (TPSA) is 29.5 Å². The molecule has 0 radical (unpaired) electrons. The highest BCUT2D eigenvalue weighted by Gasteiger charge is 2.26. The second-order valence-electron chi connectivity index (χ2n) is 4.26. The summed E-state index contributed by atoms with van der Waals surface area (Å²) >= 11 is 0. The smallest absolute Gasteiger partial charge is 0.410 e. The van der Waals surface area contributed by atoms with Crippen molar-refractivity contribution in [2.24, 2.45) is 0 Å². The van der Waals surface area contributed by atoms with Crippen LogP contribution >= 0.6 is 0 Å². The fourth-order valence-corrected chi connectivity index (χ4v) is 1.06. The largest absolute Gasteiger partial charge is 0.449 e. The average Bonchev–Trinajstić information content (AvgIpc) is 2.12. The fourth-order valence-electron chi connectivity index (χ4n) is 1.06. The van der Waals surface area contributed by atoms with E-state index in [1.165, 1.54) is 0 Å². The molecule has 0 saturated carbocycles. The maximum Gasteiger partial charge on any atom is 0.410 e. The monoisotopic (exact) mass is 211 g/mol. The summed E-state index contributed by atoms with van der Waals surface area (Å²) in [6, 6.07) is 0. The molecule has 0 aliphatic heterocycles. The normalized spacial score (nSPS) is 10.6. The Bertz CT molecular complexity index is 228. The molecular formula is C12H21NO2. The van der Waals surface area contributed by atoms with Crippen LogP contribution in [0, 0.1) is 0 Å². The molecule has 0 spiro atoms. The van der Waals surface area contributed by atoms with Crippen molar-refractivity contribution < 1.29 is 9.53 Å². The van der Waals surface area contributed by atoms with E-state index >= 15 is 0 Å². The van der Waals surface area contributed by atoms with Crippen LogP contribution in [0.15, 0.2) is 25.3 Å². The van der Waals surface area contributed by atoms with Gasteiger partial charge in [0.1, 0.15) is 0 Å². The van der Waals surface area contributed by atoms with Gasteiger partial charge in [0, 0.05) is 12.1 Å². The minimum atomic E-state index is -0.302. The van der Waals surface area contributed by atoms with E-state index in [4.69, 9.17) is 4.74 Å². The van der Waals surface area contributed by atoms with Crippen LogP contribution in [-0.4, -0.2) is 29.7 Å². The molecule has 15 heavy (non-hydrogen) atoms. The summed E-state index contributed by atoms with van der Waals surface area (Å²) in [5.41, 5.74) is -0.251. The molecule has 0 saturated heterocycles. The van der Waals surface area contributed by atoms with Gasteiger partial charge in [0.15, 0.2) is 0 Å².